The molecule has 0 aromatic heterocycles. The Hall–Kier alpha value is -1.62. The largest absolute Gasteiger partial charge is 0.328 e. The lowest BCUT2D eigenvalue weighted by atomic mass is 10.2. The van der Waals surface area contributed by atoms with Gasteiger partial charge in [-0.25, -0.2) is 9.18 Å². The Labute approximate surface area is 94.2 Å². The minimum absolute atomic E-state index is 0.169. The molecule has 0 radical (unpaired) electrons. The zero-order chi connectivity index (χ0) is 12.1. The fourth-order valence-corrected chi connectivity index (χ4v) is 1.14. The summed E-state index contributed by atoms with van der Waals surface area (Å²) in [6.45, 7) is 2.68. The number of hydrogen-bond donors (Lipinski definition) is 2. The van der Waals surface area contributed by atoms with Crippen LogP contribution in [0.3, 0.4) is 0 Å². The van der Waals surface area contributed by atoms with Gasteiger partial charge in [-0.2, -0.15) is 0 Å². The van der Waals surface area contributed by atoms with Crippen LogP contribution in [0.15, 0.2) is 18.2 Å². The smallest absolute Gasteiger partial charge is 0.321 e. The van der Waals surface area contributed by atoms with E-state index in [1.807, 2.05) is 6.92 Å². The zero-order valence-electron chi connectivity index (χ0n) is 9.46. The molecule has 0 atom stereocenters. The van der Waals surface area contributed by atoms with E-state index < -0.39 is 5.82 Å². The fourth-order valence-electron chi connectivity index (χ4n) is 1.14. The maximum atomic E-state index is 13.5. The monoisotopic (exact) mass is 225 g/mol. The number of amides is 2. The fraction of sp³-hybridized carbons (Fsp3) is 0.364. The molecule has 1 aromatic rings. The van der Waals surface area contributed by atoms with Crippen LogP contribution in [0.4, 0.5) is 14.9 Å². The predicted molar refractivity (Wildman–Crippen MR) is 61.6 cm³/mol. The summed E-state index contributed by atoms with van der Waals surface area (Å²) >= 11 is 0. The van der Waals surface area contributed by atoms with Crippen LogP contribution in [-0.4, -0.2) is 24.5 Å². The molecule has 4 nitrogen and oxygen atoms in total. The van der Waals surface area contributed by atoms with Crippen molar-refractivity contribution in [1.82, 2.24) is 4.90 Å². The van der Waals surface area contributed by atoms with Gasteiger partial charge in [0, 0.05) is 20.1 Å². The lowest BCUT2D eigenvalue weighted by Crippen LogP contribution is -2.31. The first-order chi connectivity index (χ1) is 7.58. The molecule has 0 fully saturated rings. The molecule has 0 spiro atoms. The van der Waals surface area contributed by atoms with Crippen molar-refractivity contribution in [2.24, 2.45) is 5.73 Å². The third-order valence-corrected chi connectivity index (χ3v) is 2.33. The average molecular weight is 225 g/mol. The lowest BCUT2D eigenvalue weighted by molar-refractivity contribution is 0.224. The number of benzene rings is 1. The van der Waals surface area contributed by atoms with E-state index in [0.717, 1.165) is 0 Å². The molecular formula is C11H16FN3O. The minimum atomic E-state index is -0.471. The van der Waals surface area contributed by atoms with E-state index in [9.17, 15) is 9.18 Å². The van der Waals surface area contributed by atoms with Crippen LogP contribution in [-0.2, 0) is 6.54 Å². The second-order valence-corrected chi connectivity index (χ2v) is 3.46. The van der Waals surface area contributed by atoms with E-state index in [2.05, 4.69) is 5.32 Å². The Morgan fingerprint density at radius 1 is 1.56 bits per heavy atom. The Morgan fingerprint density at radius 2 is 2.25 bits per heavy atom. The minimum Gasteiger partial charge on any atom is -0.328 e. The number of urea groups is 1. The lowest BCUT2D eigenvalue weighted by Gasteiger charge is -2.16. The maximum absolute atomic E-state index is 13.5. The molecule has 0 heterocycles. The molecule has 0 aliphatic rings. The summed E-state index contributed by atoms with van der Waals surface area (Å²) in [7, 11) is 1.64. The van der Waals surface area contributed by atoms with Crippen molar-refractivity contribution in [1.29, 1.82) is 0 Å². The van der Waals surface area contributed by atoms with Gasteiger partial charge in [-0.15, -0.1) is 0 Å². The Bertz CT molecular complexity index is 381. The molecule has 0 aliphatic carbocycles. The summed E-state index contributed by atoms with van der Waals surface area (Å²) < 4.78 is 13.5. The second kappa shape index (κ2) is 5.46. The highest BCUT2D eigenvalue weighted by Gasteiger charge is 2.09. The Balaban J connectivity index is 2.78. The number of nitrogens with zero attached hydrogens (tertiary/aromatic N) is 1. The highest BCUT2D eigenvalue weighted by molar-refractivity contribution is 5.89. The number of rotatable bonds is 3. The number of anilines is 1. The normalized spacial score (nSPS) is 10.0. The number of halogens is 1. The van der Waals surface area contributed by atoms with Crippen LogP contribution < -0.4 is 11.1 Å². The van der Waals surface area contributed by atoms with Crippen LogP contribution in [0.2, 0.25) is 0 Å². The average Bonchev–Trinajstić information content (AvgIpc) is 2.30. The molecule has 3 N–H and O–H groups in total. The third-order valence-electron chi connectivity index (χ3n) is 2.33. The van der Waals surface area contributed by atoms with Gasteiger partial charge in [0.05, 0.1) is 5.69 Å². The summed E-state index contributed by atoms with van der Waals surface area (Å²) in [5, 5.41) is 2.48. The van der Waals surface area contributed by atoms with Crippen LogP contribution >= 0.6 is 0 Å². The van der Waals surface area contributed by atoms with Crippen LogP contribution in [0.5, 0.6) is 0 Å². The van der Waals surface area contributed by atoms with Crippen molar-refractivity contribution < 1.29 is 9.18 Å². The van der Waals surface area contributed by atoms with Crippen molar-refractivity contribution in [3.8, 4) is 0 Å². The Kier molecular flexibility index (Phi) is 4.25. The van der Waals surface area contributed by atoms with Gasteiger partial charge in [0.2, 0.25) is 0 Å². The highest BCUT2D eigenvalue weighted by atomic mass is 19.1. The molecule has 16 heavy (non-hydrogen) atoms. The van der Waals surface area contributed by atoms with Crippen LogP contribution in [0.25, 0.3) is 0 Å². The maximum Gasteiger partial charge on any atom is 0.321 e. The van der Waals surface area contributed by atoms with E-state index in [1.165, 1.54) is 17.0 Å². The summed E-state index contributed by atoms with van der Waals surface area (Å²) in [5.41, 5.74) is 6.24. The molecule has 0 saturated heterocycles. The molecule has 1 rings (SSSR count). The number of nitrogens with two attached hydrogens (primary N) is 1. The molecule has 0 unspecified atom stereocenters. The standard InChI is InChI=1S/C11H16FN3O/c1-3-15(2)11(16)14-10-5-4-8(7-13)6-9(10)12/h4-6H,3,7,13H2,1-2H3,(H,14,16). The van der Waals surface area contributed by atoms with Crippen LogP contribution in [0, 0.1) is 5.82 Å². The van der Waals surface area contributed by atoms with E-state index in [4.69, 9.17) is 5.73 Å². The molecule has 0 aliphatic heterocycles. The molecule has 0 bridgehead atoms. The van der Waals surface area contributed by atoms with Crippen molar-refractivity contribution in [3.05, 3.63) is 29.6 Å². The van der Waals surface area contributed by atoms with Gasteiger partial charge in [0.15, 0.2) is 0 Å². The zero-order valence-corrected chi connectivity index (χ0v) is 9.46. The predicted octanol–water partition coefficient (Wildman–Crippen LogP) is 1.77. The summed E-state index contributed by atoms with van der Waals surface area (Å²) in [6, 6.07) is 4.19. The van der Waals surface area contributed by atoms with Gasteiger partial charge in [-0.3, -0.25) is 0 Å². The van der Waals surface area contributed by atoms with Gasteiger partial charge < -0.3 is 16.0 Å². The Morgan fingerprint density at radius 3 is 2.75 bits per heavy atom. The number of carbonyl (C=O) groups is 1. The second-order valence-electron chi connectivity index (χ2n) is 3.46. The molecule has 2 amide bonds. The first kappa shape index (κ1) is 12.4. The van der Waals surface area contributed by atoms with Gasteiger partial charge in [0.1, 0.15) is 5.82 Å². The summed E-state index contributed by atoms with van der Waals surface area (Å²) in [6.07, 6.45) is 0. The van der Waals surface area contributed by atoms with Gasteiger partial charge in [-0.1, -0.05) is 6.07 Å². The molecule has 5 heteroatoms. The third kappa shape index (κ3) is 2.93. The molecule has 88 valence electrons. The number of nitrogens with one attached hydrogen (secondary N) is 1. The van der Waals surface area contributed by atoms with E-state index in [0.29, 0.717) is 12.1 Å². The SMILES string of the molecule is CCN(C)C(=O)Nc1ccc(CN)cc1F. The quantitative estimate of drug-likeness (QED) is 0.823. The van der Waals surface area contributed by atoms with Gasteiger partial charge >= 0.3 is 6.03 Å². The molecular weight excluding hydrogens is 209 g/mol. The first-order valence-electron chi connectivity index (χ1n) is 5.09. The summed E-state index contributed by atoms with van der Waals surface area (Å²) in [4.78, 5) is 12.9. The van der Waals surface area contributed by atoms with E-state index >= 15 is 0 Å². The van der Waals surface area contributed by atoms with Gasteiger partial charge in [-0.05, 0) is 24.6 Å². The van der Waals surface area contributed by atoms with Crippen molar-refractivity contribution >= 4 is 11.7 Å². The topological polar surface area (TPSA) is 58.4 Å². The molecule has 0 saturated carbocycles. The molecule has 1 aromatic carbocycles. The van der Waals surface area contributed by atoms with E-state index in [-0.39, 0.29) is 18.3 Å². The van der Waals surface area contributed by atoms with Crippen molar-refractivity contribution in [3.63, 3.8) is 0 Å². The first-order valence-corrected chi connectivity index (χ1v) is 5.09. The van der Waals surface area contributed by atoms with Crippen molar-refractivity contribution in [2.75, 3.05) is 18.9 Å². The number of hydrogen-bond acceptors (Lipinski definition) is 2. The van der Waals surface area contributed by atoms with Crippen LogP contribution in [0.1, 0.15) is 12.5 Å². The number of carbonyl (C=O) groups excluding carboxylic acids is 1. The van der Waals surface area contributed by atoms with Gasteiger partial charge in [0.25, 0.3) is 0 Å². The highest BCUT2D eigenvalue weighted by Crippen LogP contribution is 2.15. The van der Waals surface area contributed by atoms with Crippen molar-refractivity contribution in [2.45, 2.75) is 13.5 Å². The van der Waals surface area contributed by atoms with E-state index in [1.54, 1.807) is 13.1 Å². The summed E-state index contributed by atoms with van der Waals surface area (Å²) in [5.74, 6) is -0.471.